The van der Waals surface area contributed by atoms with Crippen molar-refractivity contribution in [2.75, 3.05) is 6.54 Å². The summed E-state index contributed by atoms with van der Waals surface area (Å²) in [6.45, 7) is 4.63. The second kappa shape index (κ2) is 7.23. The SMILES string of the molecule is CC(C)CC(CN)CC(=O)NC1CCC(=O)NC1=O. The highest BCUT2D eigenvalue weighted by Crippen LogP contribution is 2.14. The smallest absolute Gasteiger partial charge is 0.249 e. The molecule has 0 aromatic carbocycles. The first-order chi connectivity index (χ1) is 8.92. The number of carbonyl (C=O) groups is 3. The summed E-state index contributed by atoms with van der Waals surface area (Å²) in [5.41, 5.74) is 5.64. The van der Waals surface area contributed by atoms with Crippen molar-refractivity contribution in [2.45, 2.75) is 45.6 Å². The Morgan fingerprint density at radius 2 is 2.16 bits per heavy atom. The Kier molecular flexibility index (Phi) is 5.95. The van der Waals surface area contributed by atoms with E-state index in [0.717, 1.165) is 6.42 Å². The van der Waals surface area contributed by atoms with Crippen LogP contribution >= 0.6 is 0 Å². The maximum absolute atomic E-state index is 11.9. The summed E-state index contributed by atoms with van der Waals surface area (Å²) < 4.78 is 0. The lowest BCUT2D eigenvalue weighted by molar-refractivity contribution is -0.137. The van der Waals surface area contributed by atoms with Gasteiger partial charge < -0.3 is 11.1 Å². The number of rotatable bonds is 6. The summed E-state index contributed by atoms with van der Waals surface area (Å²) in [7, 11) is 0. The third-order valence-corrected chi connectivity index (χ3v) is 3.19. The van der Waals surface area contributed by atoms with Gasteiger partial charge >= 0.3 is 0 Å². The van der Waals surface area contributed by atoms with Gasteiger partial charge in [-0.25, -0.2) is 0 Å². The van der Waals surface area contributed by atoms with Gasteiger partial charge in [0.2, 0.25) is 17.7 Å². The van der Waals surface area contributed by atoms with Crippen LogP contribution in [0.5, 0.6) is 0 Å². The van der Waals surface area contributed by atoms with Gasteiger partial charge in [-0.3, -0.25) is 19.7 Å². The predicted molar refractivity (Wildman–Crippen MR) is 70.9 cm³/mol. The molecule has 3 amide bonds. The fraction of sp³-hybridized carbons (Fsp3) is 0.769. The van der Waals surface area contributed by atoms with Gasteiger partial charge in [0.05, 0.1) is 0 Å². The summed E-state index contributed by atoms with van der Waals surface area (Å²) in [5, 5.41) is 4.89. The molecule has 6 heteroatoms. The van der Waals surface area contributed by atoms with E-state index in [1.165, 1.54) is 0 Å². The van der Waals surface area contributed by atoms with Crippen molar-refractivity contribution in [1.82, 2.24) is 10.6 Å². The van der Waals surface area contributed by atoms with E-state index in [1.807, 2.05) is 0 Å². The van der Waals surface area contributed by atoms with Gasteiger partial charge in [0.25, 0.3) is 0 Å². The summed E-state index contributed by atoms with van der Waals surface area (Å²) in [6, 6.07) is -0.595. The Balaban J connectivity index is 2.41. The highest BCUT2D eigenvalue weighted by atomic mass is 16.2. The van der Waals surface area contributed by atoms with Crippen LogP contribution < -0.4 is 16.4 Å². The van der Waals surface area contributed by atoms with E-state index in [2.05, 4.69) is 24.5 Å². The maximum atomic E-state index is 11.9. The highest BCUT2D eigenvalue weighted by molar-refractivity contribution is 6.01. The van der Waals surface area contributed by atoms with Gasteiger partial charge in [-0.15, -0.1) is 0 Å². The standard InChI is InChI=1S/C13H23N3O3/c1-8(2)5-9(7-14)6-12(18)15-10-3-4-11(17)16-13(10)19/h8-10H,3-7,14H2,1-2H3,(H,15,18)(H,16,17,19). The molecule has 2 unspecified atom stereocenters. The zero-order valence-electron chi connectivity index (χ0n) is 11.6. The number of piperidine rings is 1. The number of carbonyl (C=O) groups excluding carboxylic acids is 3. The van der Waals surface area contributed by atoms with Gasteiger partial charge in [-0.05, 0) is 31.2 Å². The molecule has 2 atom stereocenters. The number of amides is 3. The van der Waals surface area contributed by atoms with Crippen molar-refractivity contribution < 1.29 is 14.4 Å². The average Bonchev–Trinajstić information content (AvgIpc) is 2.31. The molecule has 0 radical (unpaired) electrons. The molecule has 0 saturated carbocycles. The highest BCUT2D eigenvalue weighted by Gasteiger charge is 2.28. The Labute approximate surface area is 113 Å². The van der Waals surface area contributed by atoms with Crippen molar-refractivity contribution in [3.63, 3.8) is 0 Å². The number of nitrogens with two attached hydrogens (primary N) is 1. The van der Waals surface area contributed by atoms with Crippen LogP contribution in [0.15, 0.2) is 0 Å². The van der Waals surface area contributed by atoms with Crippen LogP contribution in [0.1, 0.15) is 39.5 Å². The molecule has 0 spiro atoms. The lowest BCUT2D eigenvalue weighted by Gasteiger charge is -2.23. The molecule has 0 bridgehead atoms. The van der Waals surface area contributed by atoms with Crippen LogP contribution in [0.4, 0.5) is 0 Å². The molecule has 1 heterocycles. The third-order valence-electron chi connectivity index (χ3n) is 3.19. The van der Waals surface area contributed by atoms with Crippen LogP contribution in [0.25, 0.3) is 0 Å². The summed E-state index contributed by atoms with van der Waals surface area (Å²) >= 11 is 0. The monoisotopic (exact) mass is 269 g/mol. The second-order valence-electron chi connectivity index (χ2n) is 5.51. The maximum Gasteiger partial charge on any atom is 0.249 e. The summed E-state index contributed by atoms with van der Waals surface area (Å²) in [5.74, 6) is -0.260. The van der Waals surface area contributed by atoms with Crippen LogP contribution in [0.3, 0.4) is 0 Å². The van der Waals surface area contributed by atoms with Gasteiger partial charge in [-0.2, -0.15) is 0 Å². The quantitative estimate of drug-likeness (QED) is 0.587. The van der Waals surface area contributed by atoms with Crippen LogP contribution in [0.2, 0.25) is 0 Å². The average molecular weight is 269 g/mol. The molecule has 4 N–H and O–H groups in total. The molecule has 6 nitrogen and oxygen atoms in total. The molecule has 1 aliphatic heterocycles. The minimum atomic E-state index is -0.595. The van der Waals surface area contributed by atoms with Crippen molar-refractivity contribution in [3.05, 3.63) is 0 Å². The normalized spacial score (nSPS) is 21.2. The van der Waals surface area contributed by atoms with E-state index in [4.69, 9.17) is 5.73 Å². The molecule has 1 fully saturated rings. The van der Waals surface area contributed by atoms with Crippen LogP contribution in [0, 0.1) is 11.8 Å². The van der Waals surface area contributed by atoms with E-state index < -0.39 is 11.9 Å². The van der Waals surface area contributed by atoms with E-state index in [0.29, 0.717) is 25.3 Å². The number of imide groups is 1. The molecule has 1 rings (SSSR count). The van der Waals surface area contributed by atoms with Crippen molar-refractivity contribution >= 4 is 17.7 Å². The van der Waals surface area contributed by atoms with E-state index in [9.17, 15) is 14.4 Å². The molecule has 19 heavy (non-hydrogen) atoms. The minimum Gasteiger partial charge on any atom is -0.344 e. The summed E-state index contributed by atoms with van der Waals surface area (Å²) in [6.07, 6.45) is 1.85. The molecule has 0 aromatic heterocycles. The predicted octanol–water partition coefficient (Wildman–Crippen LogP) is -0.0811. The molecule has 1 saturated heterocycles. The molecule has 108 valence electrons. The Morgan fingerprint density at radius 3 is 2.68 bits per heavy atom. The Bertz CT molecular complexity index is 355. The van der Waals surface area contributed by atoms with Crippen LogP contribution in [-0.4, -0.2) is 30.3 Å². The largest absolute Gasteiger partial charge is 0.344 e. The first kappa shape index (κ1) is 15.6. The summed E-state index contributed by atoms with van der Waals surface area (Å²) in [4.78, 5) is 34.3. The third kappa shape index (κ3) is 5.38. The van der Waals surface area contributed by atoms with Crippen LogP contribution in [-0.2, 0) is 14.4 Å². The van der Waals surface area contributed by atoms with Gasteiger partial charge in [0.1, 0.15) is 6.04 Å². The topological polar surface area (TPSA) is 101 Å². The van der Waals surface area contributed by atoms with E-state index in [-0.39, 0.29) is 24.2 Å². The van der Waals surface area contributed by atoms with Crippen molar-refractivity contribution in [3.8, 4) is 0 Å². The second-order valence-corrected chi connectivity index (χ2v) is 5.51. The Morgan fingerprint density at radius 1 is 1.47 bits per heavy atom. The molecule has 1 aliphatic rings. The zero-order valence-corrected chi connectivity index (χ0v) is 11.6. The van der Waals surface area contributed by atoms with E-state index >= 15 is 0 Å². The van der Waals surface area contributed by atoms with Gasteiger partial charge in [-0.1, -0.05) is 13.8 Å². The van der Waals surface area contributed by atoms with Crippen molar-refractivity contribution in [2.24, 2.45) is 17.6 Å². The fourth-order valence-corrected chi connectivity index (χ4v) is 2.28. The van der Waals surface area contributed by atoms with Gasteiger partial charge in [0.15, 0.2) is 0 Å². The first-order valence-electron chi connectivity index (χ1n) is 6.75. The fourth-order valence-electron chi connectivity index (χ4n) is 2.28. The first-order valence-corrected chi connectivity index (χ1v) is 6.75. The van der Waals surface area contributed by atoms with Crippen molar-refractivity contribution in [1.29, 1.82) is 0 Å². The molecular weight excluding hydrogens is 246 g/mol. The molecular formula is C13H23N3O3. The minimum absolute atomic E-state index is 0.133. The van der Waals surface area contributed by atoms with E-state index in [1.54, 1.807) is 0 Å². The van der Waals surface area contributed by atoms with Gasteiger partial charge in [0, 0.05) is 12.8 Å². The number of nitrogens with one attached hydrogen (secondary N) is 2. The lowest BCUT2D eigenvalue weighted by Crippen LogP contribution is -2.52. The number of hydrogen-bond donors (Lipinski definition) is 3. The molecule has 0 aliphatic carbocycles. The lowest BCUT2D eigenvalue weighted by atomic mass is 9.93. The zero-order chi connectivity index (χ0) is 14.4. The number of hydrogen-bond acceptors (Lipinski definition) is 4. The molecule has 0 aromatic rings. The Hall–Kier alpha value is -1.43.